The lowest BCUT2D eigenvalue weighted by atomic mass is 9.87. The van der Waals surface area contributed by atoms with Crippen LogP contribution >= 0.6 is 23.4 Å². The summed E-state index contributed by atoms with van der Waals surface area (Å²) in [6.07, 6.45) is 1.98. The van der Waals surface area contributed by atoms with Crippen molar-refractivity contribution < 1.29 is 9.59 Å². The number of thioether (sulfide) groups is 1. The van der Waals surface area contributed by atoms with Crippen LogP contribution in [0, 0.1) is 13.8 Å². The number of nitrogens with zero attached hydrogens (tertiary/aromatic N) is 3. The Labute approximate surface area is 227 Å². The number of nitrogens with one attached hydrogen (secondary N) is 1. The van der Waals surface area contributed by atoms with E-state index in [1.54, 1.807) is 16.7 Å². The molecule has 37 heavy (non-hydrogen) atoms. The summed E-state index contributed by atoms with van der Waals surface area (Å²) in [4.78, 5) is 28.4. The van der Waals surface area contributed by atoms with E-state index in [9.17, 15) is 9.59 Å². The summed E-state index contributed by atoms with van der Waals surface area (Å²) >= 11 is 7.99. The largest absolute Gasteiger partial charge is 0.352 e. The van der Waals surface area contributed by atoms with Gasteiger partial charge in [0.25, 0.3) is 0 Å². The second kappa shape index (κ2) is 9.84. The molecule has 0 saturated heterocycles. The Bertz CT molecular complexity index is 1370. The number of hydrogen-bond donors (Lipinski definition) is 1. The van der Waals surface area contributed by atoms with E-state index in [2.05, 4.69) is 52.1 Å². The van der Waals surface area contributed by atoms with Crippen LogP contribution in [0.4, 0.5) is 5.82 Å². The normalized spacial score (nSPS) is 17.9. The fourth-order valence-corrected chi connectivity index (χ4v) is 6.17. The molecule has 1 saturated carbocycles. The summed E-state index contributed by atoms with van der Waals surface area (Å²) in [6, 6.07) is 14.1. The molecular formula is C29H33ClN4O2S. The van der Waals surface area contributed by atoms with E-state index in [0.29, 0.717) is 10.8 Å². The van der Waals surface area contributed by atoms with Gasteiger partial charge in [0.1, 0.15) is 12.4 Å². The van der Waals surface area contributed by atoms with Crippen molar-refractivity contribution in [3.8, 4) is 5.69 Å². The first kappa shape index (κ1) is 25.9. The highest BCUT2D eigenvalue weighted by molar-refractivity contribution is 8.00. The molecule has 2 heterocycles. The monoisotopic (exact) mass is 536 g/mol. The van der Waals surface area contributed by atoms with Gasteiger partial charge in [0.05, 0.1) is 22.4 Å². The molecule has 1 fully saturated rings. The summed E-state index contributed by atoms with van der Waals surface area (Å²) in [6.45, 7) is 10.5. The van der Waals surface area contributed by atoms with Crippen molar-refractivity contribution in [2.75, 3.05) is 17.2 Å². The molecule has 0 bridgehead atoms. The van der Waals surface area contributed by atoms with Crippen molar-refractivity contribution in [3.63, 3.8) is 0 Å². The molecule has 3 aromatic rings. The van der Waals surface area contributed by atoms with E-state index >= 15 is 0 Å². The number of carbonyl (C=O) groups is 2. The minimum absolute atomic E-state index is 0.0364. The van der Waals surface area contributed by atoms with Gasteiger partial charge in [0.2, 0.25) is 11.8 Å². The third kappa shape index (κ3) is 5.16. The molecule has 1 aliphatic heterocycles. The van der Waals surface area contributed by atoms with Crippen molar-refractivity contribution in [2.45, 2.75) is 64.2 Å². The average Bonchev–Trinajstić information content (AvgIpc) is 3.57. The number of hydrogen-bond acceptors (Lipinski definition) is 4. The third-order valence-corrected chi connectivity index (χ3v) is 8.49. The summed E-state index contributed by atoms with van der Waals surface area (Å²) in [5.74, 6) is 0.677. The molecule has 6 nitrogen and oxygen atoms in total. The first-order valence-corrected chi connectivity index (χ1v) is 14.1. The Hall–Kier alpha value is -2.77. The van der Waals surface area contributed by atoms with Gasteiger partial charge >= 0.3 is 0 Å². The molecule has 1 N–H and O–H groups in total. The minimum Gasteiger partial charge on any atom is -0.352 e. The Morgan fingerprint density at radius 3 is 2.57 bits per heavy atom. The first-order valence-electron chi connectivity index (χ1n) is 12.7. The smallest absolute Gasteiger partial charge is 0.240 e. The van der Waals surface area contributed by atoms with Crippen LogP contribution in [0.15, 0.2) is 42.5 Å². The Balaban J connectivity index is 1.78. The van der Waals surface area contributed by atoms with Gasteiger partial charge in [-0.15, -0.1) is 11.8 Å². The fourth-order valence-electron chi connectivity index (χ4n) is 4.78. The lowest BCUT2D eigenvalue weighted by molar-refractivity contribution is -0.123. The number of rotatable bonds is 5. The maximum absolute atomic E-state index is 13.7. The van der Waals surface area contributed by atoms with Crippen LogP contribution in [0.1, 0.15) is 66.8 Å². The second-order valence-electron chi connectivity index (χ2n) is 11.0. The number of amides is 2. The molecule has 0 spiro atoms. The number of benzene rings is 2. The number of aryl methyl sites for hydroxylation is 1. The van der Waals surface area contributed by atoms with Gasteiger partial charge in [-0.2, -0.15) is 5.10 Å². The third-order valence-electron chi connectivity index (χ3n) is 7.00. The van der Waals surface area contributed by atoms with Crippen molar-refractivity contribution in [2.24, 2.45) is 0 Å². The molecule has 2 aromatic carbocycles. The van der Waals surface area contributed by atoms with Crippen LogP contribution in [0.2, 0.25) is 5.02 Å². The lowest BCUT2D eigenvalue weighted by Gasteiger charge is -2.25. The van der Waals surface area contributed by atoms with Crippen molar-refractivity contribution in [1.82, 2.24) is 15.1 Å². The van der Waals surface area contributed by atoms with Crippen LogP contribution in [0.3, 0.4) is 0 Å². The molecule has 2 aliphatic rings. The van der Waals surface area contributed by atoms with Crippen LogP contribution in [-0.2, 0) is 15.0 Å². The van der Waals surface area contributed by atoms with Gasteiger partial charge in [-0.25, -0.2) is 4.68 Å². The summed E-state index contributed by atoms with van der Waals surface area (Å²) in [5, 5.41) is 8.72. The highest BCUT2D eigenvalue weighted by atomic mass is 35.5. The van der Waals surface area contributed by atoms with Gasteiger partial charge in [0, 0.05) is 22.0 Å². The predicted molar refractivity (Wildman–Crippen MR) is 151 cm³/mol. The Kier molecular flexibility index (Phi) is 6.88. The average molecular weight is 537 g/mol. The number of anilines is 1. The molecule has 2 amide bonds. The predicted octanol–water partition coefficient (Wildman–Crippen LogP) is 5.89. The van der Waals surface area contributed by atoms with Crippen LogP contribution in [0.25, 0.3) is 5.69 Å². The molecule has 8 heteroatoms. The topological polar surface area (TPSA) is 67.2 Å². The molecule has 1 aromatic heterocycles. The molecule has 0 radical (unpaired) electrons. The van der Waals surface area contributed by atoms with Gasteiger partial charge in [0.15, 0.2) is 0 Å². The Morgan fingerprint density at radius 2 is 1.89 bits per heavy atom. The summed E-state index contributed by atoms with van der Waals surface area (Å²) in [7, 11) is 0. The second-order valence-corrected chi connectivity index (χ2v) is 12.6. The maximum atomic E-state index is 13.7. The zero-order valence-electron chi connectivity index (χ0n) is 22.0. The maximum Gasteiger partial charge on any atom is 0.240 e. The quantitative estimate of drug-likeness (QED) is 0.441. The van der Waals surface area contributed by atoms with E-state index in [-0.39, 0.29) is 40.8 Å². The summed E-state index contributed by atoms with van der Waals surface area (Å²) < 4.78 is 1.89. The van der Waals surface area contributed by atoms with Gasteiger partial charge in [-0.1, -0.05) is 56.6 Å². The minimum atomic E-state index is -0.306. The summed E-state index contributed by atoms with van der Waals surface area (Å²) in [5.41, 5.74) is 5.71. The van der Waals surface area contributed by atoms with Crippen molar-refractivity contribution >= 4 is 41.0 Å². The van der Waals surface area contributed by atoms with Gasteiger partial charge in [-0.3, -0.25) is 14.5 Å². The zero-order valence-corrected chi connectivity index (χ0v) is 23.5. The van der Waals surface area contributed by atoms with E-state index in [0.717, 1.165) is 46.5 Å². The molecular weight excluding hydrogens is 504 g/mol. The van der Waals surface area contributed by atoms with Crippen molar-refractivity contribution in [1.29, 1.82) is 0 Å². The molecule has 5 rings (SSSR count). The first-order chi connectivity index (χ1) is 17.5. The number of fused-ring (bicyclic) bond motifs is 1. The highest BCUT2D eigenvalue weighted by Crippen LogP contribution is 2.49. The van der Waals surface area contributed by atoms with Crippen LogP contribution in [-0.4, -0.2) is 39.9 Å². The fraction of sp³-hybridized carbons (Fsp3) is 0.414. The van der Waals surface area contributed by atoms with Gasteiger partial charge < -0.3 is 5.32 Å². The van der Waals surface area contributed by atoms with Crippen molar-refractivity contribution in [3.05, 3.63) is 75.4 Å². The van der Waals surface area contributed by atoms with Crippen LogP contribution in [0.5, 0.6) is 0 Å². The number of carbonyl (C=O) groups excluding carboxylic acids is 2. The Morgan fingerprint density at radius 1 is 1.16 bits per heavy atom. The molecule has 1 atom stereocenters. The van der Waals surface area contributed by atoms with E-state index in [4.69, 9.17) is 16.7 Å². The number of aromatic nitrogens is 2. The molecule has 1 aliphatic carbocycles. The zero-order chi connectivity index (χ0) is 26.5. The standard InChI is InChI=1S/C29H33ClN4O2S/c1-17-8-6-11-22(18(17)2)34-28-25(27(32-34)29(3,4)5)26(19-9-7-10-20(30)14-19)37-16-24(36)33(28)15-23(35)31-21-12-13-21/h6-11,14,21,26H,12-13,15-16H2,1-5H3,(H,31,35)/t26-/m0/s1. The highest BCUT2D eigenvalue weighted by Gasteiger charge is 2.40. The molecule has 194 valence electrons. The van der Waals surface area contributed by atoms with Gasteiger partial charge in [-0.05, 0) is 61.6 Å². The lowest BCUT2D eigenvalue weighted by Crippen LogP contribution is -2.43. The molecule has 0 unspecified atom stereocenters. The SMILES string of the molecule is Cc1cccc(-n2nc(C(C)(C)C)c3c2N(CC(=O)NC2CC2)C(=O)CS[C@H]3c2cccc(Cl)c2)c1C. The van der Waals surface area contributed by atoms with E-state index in [1.807, 2.05) is 35.0 Å². The van der Waals surface area contributed by atoms with E-state index < -0.39 is 0 Å². The number of halogens is 1. The van der Waals surface area contributed by atoms with E-state index in [1.165, 1.54) is 0 Å². The van der Waals surface area contributed by atoms with Crippen LogP contribution < -0.4 is 10.2 Å².